The van der Waals surface area contributed by atoms with Crippen LogP contribution in [-0.4, -0.2) is 25.4 Å². The first kappa shape index (κ1) is 16.5. The summed E-state index contributed by atoms with van der Waals surface area (Å²) in [5.41, 5.74) is 2.93. The smallest absolute Gasteiger partial charge is 0.0462 e. The van der Waals surface area contributed by atoms with E-state index in [1.54, 1.807) is 7.11 Å². The highest BCUT2D eigenvalue weighted by Gasteiger charge is 2.24. The van der Waals surface area contributed by atoms with Crippen LogP contribution in [0.2, 0.25) is 0 Å². The molecule has 2 atom stereocenters. The number of benzene rings is 1. The molecule has 1 N–H and O–H groups in total. The molecule has 0 aliphatic heterocycles. The van der Waals surface area contributed by atoms with Crippen molar-refractivity contribution < 1.29 is 9.84 Å². The average Bonchev–Trinajstić information content (AvgIpc) is 3.00. The minimum absolute atomic E-state index is 0.359. The van der Waals surface area contributed by atoms with Crippen LogP contribution in [0.15, 0.2) is 24.3 Å². The van der Waals surface area contributed by atoms with Crippen LogP contribution in [0.3, 0.4) is 0 Å². The summed E-state index contributed by atoms with van der Waals surface area (Å²) < 4.78 is 5.07. The first-order chi connectivity index (χ1) is 10.3. The number of methoxy groups -OCH3 is 1. The SMILES string of the molecule is COCCCCCCc1ccc([C@H]2CC[C@H](CO)C2)cc1. The predicted octanol–water partition coefficient (Wildman–Crippen LogP) is 4.31. The monoisotopic (exact) mass is 290 g/mol. The highest BCUT2D eigenvalue weighted by Crippen LogP contribution is 2.37. The third-order valence-electron chi connectivity index (χ3n) is 4.81. The maximum atomic E-state index is 9.24. The molecule has 2 heteroatoms. The van der Waals surface area contributed by atoms with Gasteiger partial charge >= 0.3 is 0 Å². The number of hydrogen-bond acceptors (Lipinski definition) is 2. The zero-order valence-corrected chi connectivity index (χ0v) is 13.4. The zero-order chi connectivity index (χ0) is 14.9. The van der Waals surface area contributed by atoms with Crippen LogP contribution < -0.4 is 0 Å². The summed E-state index contributed by atoms with van der Waals surface area (Å²) in [6, 6.07) is 9.23. The third kappa shape index (κ3) is 5.44. The van der Waals surface area contributed by atoms with Crippen LogP contribution in [0.1, 0.15) is 62.0 Å². The number of unbranched alkanes of at least 4 members (excludes halogenated alkanes) is 3. The quantitative estimate of drug-likeness (QED) is 0.687. The molecule has 0 spiro atoms. The van der Waals surface area contributed by atoms with Gasteiger partial charge in [0.05, 0.1) is 0 Å². The standard InChI is InChI=1S/C19H30O2/c1-21-13-5-3-2-4-6-16-7-10-18(11-8-16)19-12-9-17(14-19)15-20/h7-8,10-11,17,19-20H,2-6,9,12-15H2,1H3/t17-,19-/m0/s1. The molecule has 1 aromatic carbocycles. The second kappa shape index (κ2) is 9.22. The fourth-order valence-corrected chi connectivity index (χ4v) is 3.43. The molecule has 1 aromatic rings. The second-order valence-corrected chi connectivity index (χ2v) is 6.46. The number of aliphatic hydroxyl groups excluding tert-OH is 1. The van der Waals surface area contributed by atoms with E-state index in [1.807, 2.05) is 0 Å². The topological polar surface area (TPSA) is 29.5 Å². The average molecular weight is 290 g/mol. The molecule has 0 amide bonds. The van der Waals surface area contributed by atoms with Gasteiger partial charge in [0.1, 0.15) is 0 Å². The van der Waals surface area contributed by atoms with Crippen molar-refractivity contribution in [3.05, 3.63) is 35.4 Å². The number of aryl methyl sites for hydroxylation is 1. The van der Waals surface area contributed by atoms with Crippen LogP contribution in [0.4, 0.5) is 0 Å². The van der Waals surface area contributed by atoms with Gasteiger partial charge in [0.15, 0.2) is 0 Å². The molecule has 2 nitrogen and oxygen atoms in total. The third-order valence-corrected chi connectivity index (χ3v) is 4.81. The van der Waals surface area contributed by atoms with Crippen LogP contribution in [-0.2, 0) is 11.2 Å². The predicted molar refractivity (Wildman–Crippen MR) is 87.7 cm³/mol. The number of rotatable bonds is 9. The minimum Gasteiger partial charge on any atom is -0.396 e. The van der Waals surface area contributed by atoms with Crippen molar-refractivity contribution in [2.75, 3.05) is 20.3 Å². The molecule has 118 valence electrons. The van der Waals surface area contributed by atoms with Gasteiger partial charge < -0.3 is 9.84 Å². The maximum Gasteiger partial charge on any atom is 0.0462 e. The molecule has 0 saturated heterocycles. The lowest BCUT2D eigenvalue weighted by atomic mass is 9.94. The van der Waals surface area contributed by atoms with Gasteiger partial charge in [-0.1, -0.05) is 37.1 Å². The molecule has 0 heterocycles. The normalized spacial score (nSPS) is 21.8. The van der Waals surface area contributed by atoms with Gasteiger partial charge in [0.25, 0.3) is 0 Å². The Balaban J connectivity index is 1.70. The van der Waals surface area contributed by atoms with Crippen molar-refractivity contribution in [1.29, 1.82) is 0 Å². The molecular formula is C19H30O2. The van der Waals surface area contributed by atoms with Gasteiger partial charge in [-0.2, -0.15) is 0 Å². The highest BCUT2D eigenvalue weighted by molar-refractivity contribution is 5.26. The van der Waals surface area contributed by atoms with E-state index in [9.17, 15) is 5.11 Å². The van der Waals surface area contributed by atoms with E-state index in [-0.39, 0.29) is 0 Å². The van der Waals surface area contributed by atoms with Crippen molar-refractivity contribution in [2.45, 2.75) is 57.3 Å². The van der Waals surface area contributed by atoms with Gasteiger partial charge in [0.2, 0.25) is 0 Å². The summed E-state index contributed by atoms with van der Waals surface area (Å²) in [5.74, 6) is 1.20. The lowest BCUT2D eigenvalue weighted by Crippen LogP contribution is -2.00. The van der Waals surface area contributed by atoms with Gasteiger partial charge in [-0.05, 0) is 61.5 Å². The molecule has 1 aliphatic carbocycles. The highest BCUT2D eigenvalue weighted by atomic mass is 16.5. The Hall–Kier alpha value is -0.860. The number of hydrogen-bond donors (Lipinski definition) is 1. The number of aliphatic hydroxyl groups is 1. The van der Waals surface area contributed by atoms with E-state index in [4.69, 9.17) is 4.74 Å². The fraction of sp³-hybridized carbons (Fsp3) is 0.684. The molecule has 1 saturated carbocycles. The van der Waals surface area contributed by atoms with E-state index in [0.29, 0.717) is 18.4 Å². The lowest BCUT2D eigenvalue weighted by Gasteiger charge is -2.11. The molecular weight excluding hydrogens is 260 g/mol. The molecule has 0 bridgehead atoms. The number of ether oxygens (including phenoxy) is 1. The molecule has 1 fully saturated rings. The summed E-state index contributed by atoms with van der Waals surface area (Å²) in [4.78, 5) is 0. The Labute approximate surface area is 129 Å². The summed E-state index contributed by atoms with van der Waals surface area (Å²) in [6.45, 7) is 1.25. The Morgan fingerprint density at radius 2 is 1.81 bits per heavy atom. The van der Waals surface area contributed by atoms with Crippen molar-refractivity contribution in [2.24, 2.45) is 5.92 Å². The van der Waals surface area contributed by atoms with Crippen molar-refractivity contribution in [3.63, 3.8) is 0 Å². The Bertz CT molecular complexity index is 385. The molecule has 2 rings (SSSR count). The van der Waals surface area contributed by atoms with Gasteiger partial charge in [-0.25, -0.2) is 0 Å². The summed E-state index contributed by atoms with van der Waals surface area (Å²) in [7, 11) is 1.77. The van der Waals surface area contributed by atoms with E-state index < -0.39 is 0 Å². The van der Waals surface area contributed by atoms with Gasteiger partial charge in [-0.15, -0.1) is 0 Å². The van der Waals surface area contributed by atoms with Crippen LogP contribution in [0, 0.1) is 5.92 Å². The molecule has 0 aromatic heterocycles. The first-order valence-corrected chi connectivity index (χ1v) is 8.52. The minimum atomic E-state index is 0.359. The van der Waals surface area contributed by atoms with E-state index in [0.717, 1.165) is 13.0 Å². The maximum absolute atomic E-state index is 9.24. The van der Waals surface area contributed by atoms with Crippen molar-refractivity contribution in [3.8, 4) is 0 Å². The van der Waals surface area contributed by atoms with Crippen molar-refractivity contribution in [1.82, 2.24) is 0 Å². The first-order valence-electron chi connectivity index (χ1n) is 8.52. The van der Waals surface area contributed by atoms with E-state index in [1.165, 1.54) is 56.1 Å². The van der Waals surface area contributed by atoms with Gasteiger partial charge in [-0.3, -0.25) is 0 Å². The van der Waals surface area contributed by atoms with Gasteiger partial charge in [0, 0.05) is 20.3 Å². The largest absolute Gasteiger partial charge is 0.396 e. The fourth-order valence-electron chi connectivity index (χ4n) is 3.43. The van der Waals surface area contributed by atoms with Crippen LogP contribution in [0.25, 0.3) is 0 Å². The van der Waals surface area contributed by atoms with Crippen molar-refractivity contribution >= 4 is 0 Å². The van der Waals surface area contributed by atoms with Crippen LogP contribution >= 0.6 is 0 Å². The van der Waals surface area contributed by atoms with E-state index in [2.05, 4.69) is 24.3 Å². The molecule has 0 radical (unpaired) electrons. The van der Waals surface area contributed by atoms with Crippen LogP contribution in [0.5, 0.6) is 0 Å². The Kier molecular flexibility index (Phi) is 7.25. The Morgan fingerprint density at radius 1 is 1.05 bits per heavy atom. The lowest BCUT2D eigenvalue weighted by molar-refractivity contribution is 0.192. The summed E-state index contributed by atoms with van der Waals surface area (Å²) in [5, 5.41) is 9.24. The molecule has 1 aliphatic rings. The zero-order valence-electron chi connectivity index (χ0n) is 13.4. The molecule has 21 heavy (non-hydrogen) atoms. The Morgan fingerprint density at radius 3 is 2.48 bits per heavy atom. The van der Waals surface area contributed by atoms with E-state index >= 15 is 0 Å². The molecule has 0 unspecified atom stereocenters. The second-order valence-electron chi connectivity index (χ2n) is 6.46. The summed E-state index contributed by atoms with van der Waals surface area (Å²) in [6.07, 6.45) is 9.81. The summed E-state index contributed by atoms with van der Waals surface area (Å²) >= 11 is 0.